The largest absolute Gasteiger partial charge is 0.393 e. The summed E-state index contributed by atoms with van der Waals surface area (Å²) in [6.45, 7) is 0. The second-order valence-electron chi connectivity index (χ2n) is 6.14. The molecule has 1 aliphatic rings. The average molecular weight is 268 g/mol. The molecule has 0 radical (unpaired) electrons. The molecule has 1 N–H and O–H groups in total. The van der Waals surface area contributed by atoms with Gasteiger partial charge in [0, 0.05) is 0 Å². The van der Waals surface area contributed by atoms with Gasteiger partial charge in [-0.15, -0.1) is 0 Å². The van der Waals surface area contributed by atoms with Crippen molar-refractivity contribution >= 4 is 10.8 Å². The Bertz CT molecular complexity index is 549. The van der Waals surface area contributed by atoms with E-state index in [4.69, 9.17) is 0 Å². The molecule has 0 amide bonds. The van der Waals surface area contributed by atoms with Crippen molar-refractivity contribution in [2.75, 3.05) is 0 Å². The summed E-state index contributed by atoms with van der Waals surface area (Å²) in [4.78, 5) is 0. The van der Waals surface area contributed by atoms with Crippen LogP contribution in [-0.4, -0.2) is 11.2 Å². The first-order valence-corrected chi connectivity index (χ1v) is 7.99. The topological polar surface area (TPSA) is 20.2 Å². The van der Waals surface area contributed by atoms with Crippen molar-refractivity contribution in [3.63, 3.8) is 0 Å². The summed E-state index contributed by atoms with van der Waals surface area (Å²) in [6.07, 6.45) is 8.16. The Balaban J connectivity index is 1.67. The quantitative estimate of drug-likeness (QED) is 0.851. The molecule has 2 aromatic rings. The van der Waals surface area contributed by atoms with Crippen LogP contribution in [0.5, 0.6) is 0 Å². The molecule has 1 nitrogen and oxygen atoms in total. The minimum absolute atomic E-state index is 0.116. The van der Waals surface area contributed by atoms with E-state index in [1.165, 1.54) is 48.4 Å². The van der Waals surface area contributed by atoms with Gasteiger partial charge < -0.3 is 5.11 Å². The number of aliphatic hydroxyl groups is 1. The summed E-state index contributed by atoms with van der Waals surface area (Å²) in [7, 11) is 0. The summed E-state index contributed by atoms with van der Waals surface area (Å²) in [5.41, 5.74) is 1.37. The number of benzene rings is 2. The first-order chi connectivity index (χ1) is 9.84. The van der Waals surface area contributed by atoms with Crippen LogP contribution in [0.2, 0.25) is 0 Å². The molecule has 1 atom stereocenters. The molecule has 0 spiro atoms. The SMILES string of the molecule is O[C@@H](CCc1cccc2ccccc12)C1CCCCC1. The Morgan fingerprint density at radius 2 is 1.70 bits per heavy atom. The summed E-state index contributed by atoms with van der Waals surface area (Å²) in [6, 6.07) is 15.0. The van der Waals surface area contributed by atoms with Gasteiger partial charge in [0.05, 0.1) is 6.10 Å². The van der Waals surface area contributed by atoms with E-state index in [1.54, 1.807) is 0 Å². The van der Waals surface area contributed by atoms with Gasteiger partial charge in [0.15, 0.2) is 0 Å². The Labute approximate surface area is 121 Å². The number of fused-ring (bicyclic) bond motifs is 1. The third-order valence-corrected chi connectivity index (χ3v) is 4.78. The van der Waals surface area contributed by atoms with E-state index in [2.05, 4.69) is 42.5 Å². The van der Waals surface area contributed by atoms with Crippen LogP contribution in [0, 0.1) is 5.92 Å². The highest BCUT2D eigenvalue weighted by Crippen LogP contribution is 2.29. The summed E-state index contributed by atoms with van der Waals surface area (Å²) >= 11 is 0. The van der Waals surface area contributed by atoms with Crippen molar-refractivity contribution < 1.29 is 5.11 Å². The zero-order chi connectivity index (χ0) is 13.8. The maximum atomic E-state index is 10.4. The van der Waals surface area contributed by atoms with Crippen LogP contribution in [0.1, 0.15) is 44.1 Å². The molecular weight excluding hydrogens is 244 g/mol. The van der Waals surface area contributed by atoms with Gasteiger partial charge in [0.25, 0.3) is 0 Å². The van der Waals surface area contributed by atoms with E-state index in [1.807, 2.05) is 0 Å². The molecule has 0 aromatic heterocycles. The molecule has 0 unspecified atom stereocenters. The second-order valence-corrected chi connectivity index (χ2v) is 6.14. The molecule has 1 fully saturated rings. The van der Waals surface area contributed by atoms with Crippen LogP contribution < -0.4 is 0 Å². The zero-order valence-corrected chi connectivity index (χ0v) is 12.1. The lowest BCUT2D eigenvalue weighted by atomic mass is 9.83. The molecule has 1 heteroatoms. The molecule has 0 heterocycles. The lowest BCUT2D eigenvalue weighted by molar-refractivity contribution is 0.0776. The predicted molar refractivity (Wildman–Crippen MR) is 84.9 cm³/mol. The maximum Gasteiger partial charge on any atom is 0.0571 e. The van der Waals surface area contributed by atoms with E-state index in [-0.39, 0.29) is 6.10 Å². The van der Waals surface area contributed by atoms with Gasteiger partial charge in [0.2, 0.25) is 0 Å². The van der Waals surface area contributed by atoms with E-state index in [0.29, 0.717) is 5.92 Å². The Morgan fingerprint density at radius 3 is 2.55 bits per heavy atom. The third kappa shape index (κ3) is 3.04. The highest BCUT2D eigenvalue weighted by molar-refractivity contribution is 5.85. The number of aliphatic hydroxyl groups excluding tert-OH is 1. The molecule has 2 aromatic carbocycles. The fourth-order valence-corrected chi connectivity index (χ4v) is 3.57. The summed E-state index contributed by atoms with van der Waals surface area (Å²) in [5.74, 6) is 0.540. The van der Waals surface area contributed by atoms with E-state index < -0.39 is 0 Å². The predicted octanol–water partition coefficient (Wildman–Crippen LogP) is 4.71. The standard InChI is InChI=1S/C19H24O/c20-19(17-8-2-1-3-9-17)14-13-16-11-6-10-15-7-4-5-12-18(15)16/h4-7,10-12,17,19-20H,1-3,8-9,13-14H2/t19-/m0/s1. The molecule has 3 rings (SSSR count). The Hall–Kier alpha value is -1.34. The smallest absolute Gasteiger partial charge is 0.0571 e. The summed E-state index contributed by atoms with van der Waals surface area (Å²) < 4.78 is 0. The van der Waals surface area contributed by atoms with Crippen molar-refractivity contribution in [3.8, 4) is 0 Å². The molecule has 1 aliphatic carbocycles. The van der Waals surface area contributed by atoms with Crippen molar-refractivity contribution in [3.05, 3.63) is 48.0 Å². The number of rotatable bonds is 4. The van der Waals surface area contributed by atoms with Crippen LogP contribution in [0.15, 0.2) is 42.5 Å². The minimum Gasteiger partial charge on any atom is -0.393 e. The first kappa shape index (κ1) is 13.6. The van der Waals surface area contributed by atoms with Crippen LogP contribution in [0.25, 0.3) is 10.8 Å². The van der Waals surface area contributed by atoms with Crippen LogP contribution in [0.4, 0.5) is 0 Å². The lowest BCUT2D eigenvalue weighted by Gasteiger charge is -2.26. The van der Waals surface area contributed by atoms with Gasteiger partial charge >= 0.3 is 0 Å². The van der Waals surface area contributed by atoms with Gasteiger partial charge in [-0.3, -0.25) is 0 Å². The number of hydrogen-bond acceptors (Lipinski definition) is 1. The molecule has 20 heavy (non-hydrogen) atoms. The van der Waals surface area contributed by atoms with E-state index in [0.717, 1.165) is 12.8 Å². The summed E-state index contributed by atoms with van der Waals surface area (Å²) in [5, 5.41) is 13.0. The van der Waals surface area contributed by atoms with Crippen LogP contribution in [-0.2, 0) is 6.42 Å². The fourth-order valence-electron chi connectivity index (χ4n) is 3.57. The highest BCUT2D eigenvalue weighted by Gasteiger charge is 2.21. The highest BCUT2D eigenvalue weighted by atomic mass is 16.3. The monoisotopic (exact) mass is 268 g/mol. The van der Waals surface area contributed by atoms with Gasteiger partial charge in [-0.05, 0) is 47.9 Å². The molecule has 0 aliphatic heterocycles. The third-order valence-electron chi connectivity index (χ3n) is 4.78. The van der Waals surface area contributed by atoms with Crippen molar-refractivity contribution in [1.82, 2.24) is 0 Å². The number of hydrogen-bond donors (Lipinski definition) is 1. The van der Waals surface area contributed by atoms with E-state index in [9.17, 15) is 5.11 Å². The van der Waals surface area contributed by atoms with Crippen LogP contribution >= 0.6 is 0 Å². The Kier molecular flexibility index (Phi) is 4.37. The van der Waals surface area contributed by atoms with Gasteiger partial charge in [-0.1, -0.05) is 61.7 Å². The first-order valence-electron chi connectivity index (χ1n) is 7.99. The zero-order valence-electron chi connectivity index (χ0n) is 12.1. The molecule has 1 saturated carbocycles. The number of aryl methyl sites for hydroxylation is 1. The van der Waals surface area contributed by atoms with Gasteiger partial charge in [-0.25, -0.2) is 0 Å². The van der Waals surface area contributed by atoms with Gasteiger partial charge in [0.1, 0.15) is 0 Å². The molecule has 106 valence electrons. The molecule has 0 bridgehead atoms. The maximum absolute atomic E-state index is 10.4. The molecular formula is C19H24O. The van der Waals surface area contributed by atoms with Crippen molar-refractivity contribution in [1.29, 1.82) is 0 Å². The fraction of sp³-hybridized carbons (Fsp3) is 0.474. The second kappa shape index (κ2) is 6.41. The minimum atomic E-state index is -0.116. The normalized spacial score (nSPS) is 18.2. The van der Waals surface area contributed by atoms with E-state index >= 15 is 0 Å². The Morgan fingerprint density at radius 1 is 0.950 bits per heavy atom. The average Bonchev–Trinajstić information content (AvgIpc) is 2.53. The van der Waals surface area contributed by atoms with Crippen molar-refractivity contribution in [2.24, 2.45) is 5.92 Å². The molecule has 0 saturated heterocycles. The van der Waals surface area contributed by atoms with Crippen molar-refractivity contribution in [2.45, 2.75) is 51.0 Å². The van der Waals surface area contributed by atoms with Gasteiger partial charge in [-0.2, -0.15) is 0 Å². The van der Waals surface area contributed by atoms with Crippen LogP contribution in [0.3, 0.4) is 0 Å². The lowest BCUT2D eigenvalue weighted by Crippen LogP contribution is -2.23.